The molecule has 0 bridgehead atoms. The van der Waals surface area contributed by atoms with Crippen LogP contribution in [0.5, 0.6) is 0 Å². The number of likely N-dealkylation sites (tertiary alicyclic amines) is 1. The van der Waals surface area contributed by atoms with Crippen LogP contribution in [0.4, 0.5) is 5.13 Å². The van der Waals surface area contributed by atoms with Crippen molar-refractivity contribution in [3.8, 4) is 0 Å². The third-order valence-electron chi connectivity index (χ3n) is 4.68. The molecule has 8 heteroatoms. The molecule has 1 fully saturated rings. The van der Waals surface area contributed by atoms with Crippen LogP contribution in [0.2, 0.25) is 0 Å². The quantitative estimate of drug-likeness (QED) is 0.663. The summed E-state index contributed by atoms with van der Waals surface area (Å²) in [6.45, 7) is 0.767. The summed E-state index contributed by atoms with van der Waals surface area (Å²) in [7, 11) is 0. The number of carbonyl (C=O) groups is 2. The molecule has 3 aromatic rings. The Balaban J connectivity index is 1.29. The molecule has 0 saturated carbocycles. The van der Waals surface area contributed by atoms with Crippen LogP contribution in [-0.4, -0.2) is 33.5 Å². The second kappa shape index (κ2) is 8.35. The Morgan fingerprint density at radius 2 is 2.04 bits per heavy atom. The summed E-state index contributed by atoms with van der Waals surface area (Å²) in [5.74, 6) is 0.0825. The number of aryl methyl sites for hydroxylation is 2. The van der Waals surface area contributed by atoms with E-state index in [-0.39, 0.29) is 24.2 Å². The molecule has 1 aromatic carbocycles. The van der Waals surface area contributed by atoms with Crippen LogP contribution in [-0.2, 0) is 29.0 Å². The van der Waals surface area contributed by atoms with Crippen LogP contribution in [0.15, 0.2) is 53.1 Å². The first-order valence-electron chi connectivity index (χ1n) is 9.15. The average Bonchev–Trinajstić information content (AvgIpc) is 3.44. The van der Waals surface area contributed by atoms with Gasteiger partial charge in [-0.1, -0.05) is 41.7 Å². The van der Waals surface area contributed by atoms with Gasteiger partial charge in [-0.3, -0.25) is 9.59 Å². The van der Waals surface area contributed by atoms with E-state index in [1.807, 2.05) is 24.3 Å². The number of amides is 2. The SMILES string of the molecule is O=C(Nc1nnc(CCc2ccccc2)s1)[C@H]1CC(=O)N(Cc2ccco2)C1. The zero-order chi connectivity index (χ0) is 19.3. The van der Waals surface area contributed by atoms with Crippen molar-refractivity contribution in [2.24, 2.45) is 5.92 Å². The molecular formula is C20H20N4O3S. The van der Waals surface area contributed by atoms with E-state index in [2.05, 4.69) is 27.6 Å². The highest BCUT2D eigenvalue weighted by molar-refractivity contribution is 7.15. The molecule has 1 aliphatic heterocycles. The van der Waals surface area contributed by atoms with Crippen molar-refractivity contribution >= 4 is 28.3 Å². The smallest absolute Gasteiger partial charge is 0.231 e. The summed E-state index contributed by atoms with van der Waals surface area (Å²) >= 11 is 1.38. The van der Waals surface area contributed by atoms with E-state index >= 15 is 0 Å². The standard InChI is InChI=1S/C20H20N4O3S/c25-18-11-15(12-24(18)13-16-7-4-10-27-16)19(26)21-20-23-22-17(28-20)9-8-14-5-2-1-3-6-14/h1-7,10,15H,8-9,11-13H2,(H,21,23,26)/t15-/m0/s1. The minimum atomic E-state index is -0.390. The molecule has 1 aliphatic rings. The van der Waals surface area contributed by atoms with Gasteiger partial charge in [0.05, 0.1) is 18.7 Å². The van der Waals surface area contributed by atoms with Crippen molar-refractivity contribution in [3.05, 3.63) is 65.1 Å². The lowest BCUT2D eigenvalue weighted by molar-refractivity contribution is -0.128. The van der Waals surface area contributed by atoms with E-state index in [0.717, 1.165) is 17.8 Å². The summed E-state index contributed by atoms with van der Waals surface area (Å²) < 4.78 is 5.28. The van der Waals surface area contributed by atoms with Crippen LogP contribution in [0.1, 0.15) is 22.8 Å². The van der Waals surface area contributed by atoms with Crippen LogP contribution in [0.25, 0.3) is 0 Å². The molecule has 7 nitrogen and oxygen atoms in total. The molecule has 2 aromatic heterocycles. The maximum Gasteiger partial charge on any atom is 0.231 e. The van der Waals surface area contributed by atoms with Crippen molar-refractivity contribution in [1.82, 2.24) is 15.1 Å². The summed E-state index contributed by atoms with van der Waals surface area (Å²) in [6, 6.07) is 13.8. The first-order valence-corrected chi connectivity index (χ1v) is 9.96. The number of rotatable bonds is 7. The van der Waals surface area contributed by atoms with Gasteiger partial charge in [0.2, 0.25) is 16.9 Å². The molecule has 144 valence electrons. The van der Waals surface area contributed by atoms with Crippen molar-refractivity contribution in [2.75, 3.05) is 11.9 Å². The van der Waals surface area contributed by atoms with Gasteiger partial charge in [0.15, 0.2) is 0 Å². The lowest BCUT2D eigenvalue weighted by Crippen LogP contribution is -2.27. The summed E-state index contributed by atoms with van der Waals surface area (Å²) in [6.07, 6.45) is 3.43. The number of nitrogens with zero attached hydrogens (tertiary/aromatic N) is 3. The lowest BCUT2D eigenvalue weighted by atomic mass is 10.1. The molecule has 0 unspecified atom stereocenters. The fourth-order valence-electron chi connectivity index (χ4n) is 3.20. The van der Waals surface area contributed by atoms with Crippen LogP contribution in [0, 0.1) is 5.92 Å². The van der Waals surface area contributed by atoms with Crippen molar-refractivity contribution in [2.45, 2.75) is 25.8 Å². The fraction of sp³-hybridized carbons (Fsp3) is 0.300. The zero-order valence-corrected chi connectivity index (χ0v) is 16.0. The van der Waals surface area contributed by atoms with E-state index in [9.17, 15) is 9.59 Å². The fourth-order valence-corrected chi connectivity index (χ4v) is 3.94. The van der Waals surface area contributed by atoms with Gasteiger partial charge in [-0.15, -0.1) is 10.2 Å². The largest absolute Gasteiger partial charge is 0.467 e. The molecular weight excluding hydrogens is 376 g/mol. The minimum Gasteiger partial charge on any atom is -0.467 e. The van der Waals surface area contributed by atoms with Gasteiger partial charge in [0.25, 0.3) is 0 Å². The molecule has 0 radical (unpaired) electrons. The number of hydrogen-bond acceptors (Lipinski definition) is 6. The maximum absolute atomic E-state index is 12.5. The number of anilines is 1. The molecule has 2 amide bonds. The second-order valence-corrected chi connectivity index (χ2v) is 7.79. The Morgan fingerprint density at radius 3 is 2.82 bits per heavy atom. The third-order valence-corrected chi connectivity index (χ3v) is 5.58. The summed E-state index contributed by atoms with van der Waals surface area (Å²) in [5.41, 5.74) is 1.24. The second-order valence-electron chi connectivity index (χ2n) is 6.73. The van der Waals surface area contributed by atoms with E-state index in [0.29, 0.717) is 24.0 Å². The number of benzene rings is 1. The number of aromatic nitrogens is 2. The molecule has 28 heavy (non-hydrogen) atoms. The van der Waals surface area contributed by atoms with Gasteiger partial charge in [-0.25, -0.2) is 0 Å². The zero-order valence-electron chi connectivity index (χ0n) is 15.2. The first kappa shape index (κ1) is 18.4. The Labute approximate surface area is 166 Å². The Bertz CT molecular complexity index is 940. The van der Waals surface area contributed by atoms with Crippen molar-refractivity contribution in [1.29, 1.82) is 0 Å². The summed E-state index contributed by atoms with van der Waals surface area (Å²) in [4.78, 5) is 26.3. The molecule has 0 spiro atoms. The molecule has 1 N–H and O–H groups in total. The van der Waals surface area contributed by atoms with Crippen molar-refractivity contribution < 1.29 is 14.0 Å². The monoisotopic (exact) mass is 396 g/mol. The average molecular weight is 396 g/mol. The van der Waals surface area contributed by atoms with Gasteiger partial charge >= 0.3 is 0 Å². The molecule has 3 heterocycles. The van der Waals surface area contributed by atoms with Crippen LogP contribution in [0.3, 0.4) is 0 Å². The Morgan fingerprint density at radius 1 is 1.18 bits per heavy atom. The van der Waals surface area contributed by atoms with E-state index in [1.165, 1.54) is 16.9 Å². The molecule has 0 aliphatic carbocycles. The highest BCUT2D eigenvalue weighted by Crippen LogP contribution is 2.23. The van der Waals surface area contributed by atoms with Crippen LogP contribution >= 0.6 is 11.3 Å². The van der Waals surface area contributed by atoms with Gasteiger partial charge in [0.1, 0.15) is 10.8 Å². The molecule has 4 rings (SSSR count). The number of hydrogen-bond donors (Lipinski definition) is 1. The van der Waals surface area contributed by atoms with Gasteiger partial charge in [-0.05, 0) is 24.1 Å². The third kappa shape index (κ3) is 4.45. The minimum absolute atomic E-state index is 0.0441. The predicted octanol–water partition coefficient (Wildman–Crippen LogP) is 2.90. The van der Waals surface area contributed by atoms with E-state index < -0.39 is 0 Å². The highest BCUT2D eigenvalue weighted by atomic mass is 32.1. The summed E-state index contributed by atoms with van der Waals surface area (Å²) in [5, 5.41) is 12.4. The number of carbonyl (C=O) groups excluding carboxylic acids is 2. The predicted molar refractivity (Wildman–Crippen MR) is 105 cm³/mol. The van der Waals surface area contributed by atoms with E-state index in [1.54, 1.807) is 17.2 Å². The lowest BCUT2D eigenvalue weighted by Gasteiger charge is -2.14. The van der Waals surface area contributed by atoms with Gasteiger partial charge in [-0.2, -0.15) is 0 Å². The Hall–Kier alpha value is -3.00. The van der Waals surface area contributed by atoms with E-state index in [4.69, 9.17) is 4.42 Å². The Kier molecular flexibility index (Phi) is 5.48. The topological polar surface area (TPSA) is 88.3 Å². The maximum atomic E-state index is 12.5. The molecule has 1 atom stereocenters. The normalized spacial score (nSPS) is 16.5. The molecule has 1 saturated heterocycles. The van der Waals surface area contributed by atoms with Crippen molar-refractivity contribution in [3.63, 3.8) is 0 Å². The van der Waals surface area contributed by atoms with Gasteiger partial charge < -0.3 is 14.6 Å². The van der Waals surface area contributed by atoms with Gasteiger partial charge in [0, 0.05) is 19.4 Å². The van der Waals surface area contributed by atoms with Crippen LogP contribution < -0.4 is 5.32 Å². The number of nitrogens with one attached hydrogen (secondary N) is 1. The number of furan rings is 1. The highest BCUT2D eigenvalue weighted by Gasteiger charge is 2.35. The first-order chi connectivity index (χ1) is 13.7.